The molecule has 2 aromatic rings. The molecule has 1 aliphatic heterocycles. The van der Waals surface area contributed by atoms with E-state index in [1.807, 2.05) is 17.0 Å². The van der Waals surface area contributed by atoms with Crippen LogP contribution in [0.2, 0.25) is 0 Å². The number of ketones is 1. The van der Waals surface area contributed by atoms with Crippen LogP contribution >= 0.6 is 0 Å². The summed E-state index contributed by atoms with van der Waals surface area (Å²) in [6.07, 6.45) is 4.75. The maximum absolute atomic E-state index is 12.4. The number of rotatable bonds is 7. The molecule has 27 heavy (non-hydrogen) atoms. The van der Waals surface area contributed by atoms with E-state index in [1.165, 1.54) is 0 Å². The lowest BCUT2D eigenvalue weighted by Crippen LogP contribution is -2.48. The highest BCUT2D eigenvalue weighted by Crippen LogP contribution is 2.16. The van der Waals surface area contributed by atoms with Crippen molar-refractivity contribution in [1.82, 2.24) is 9.88 Å². The molecule has 0 aliphatic carbocycles. The lowest BCUT2D eigenvalue weighted by atomic mass is 10.1. The Hall–Kier alpha value is -2.89. The van der Waals surface area contributed by atoms with Crippen molar-refractivity contribution < 1.29 is 14.3 Å². The fourth-order valence-electron chi connectivity index (χ4n) is 3.13. The van der Waals surface area contributed by atoms with Crippen molar-refractivity contribution in [3.8, 4) is 5.75 Å². The summed E-state index contributed by atoms with van der Waals surface area (Å²) in [6.45, 7) is 5.20. The van der Waals surface area contributed by atoms with Crippen molar-refractivity contribution in [2.75, 3.05) is 37.7 Å². The van der Waals surface area contributed by atoms with Crippen LogP contribution in [0.25, 0.3) is 0 Å². The van der Waals surface area contributed by atoms with Gasteiger partial charge in [-0.2, -0.15) is 0 Å². The van der Waals surface area contributed by atoms with Gasteiger partial charge in [0, 0.05) is 56.2 Å². The zero-order valence-electron chi connectivity index (χ0n) is 15.6. The van der Waals surface area contributed by atoms with E-state index in [4.69, 9.17) is 4.74 Å². The van der Waals surface area contributed by atoms with Crippen molar-refractivity contribution in [3.05, 3.63) is 54.4 Å². The van der Waals surface area contributed by atoms with Crippen molar-refractivity contribution in [2.24, 2.45) is 0 Å². The first-order valence-corrected chi connectivity index (χ1v) is 9.30. The van der Waals surface area contributed by atoms with Gasteiger partial charge in [0.05, 0.1) is 6.61 Å². The normalized spacial score (nSPS) is 14.1. The summed E-state index contributed by atoms with van der Waals surface area (Å²) in [6, 6.07) is 11.1. The third-order valence-electron chi connectivity index (χ3n) is 4.72. The number of carbonyl (C=O) groups is 2. The minimum Gasteiger partial charge on any atom is -0.494 e. The molecule has 0 atom stereocenters. The molecule has 2 heterocycles. The van der Waals surface area contributed by atoms with Crippen LogP contribution in [0.5, 0.6) is 5.75 Å². The van der Waals surface area contributed by atoms with Crippen LogP contribution in [-0.4, -0.2) is 54.4 Å². The van der Waals surface area contributed by atoms with E-state index in [9.17, 15) is 9.59 Å². The molecule has 0 saturated carbocycles. The van der Waals surface area contributed by atoms with Crippen LogP contribution in [0, 0.1) is 0 Å². The first-order chi connectivity index (χ1) is 13.1. The predicted molar refractivity (Wildman–Crippen MR) is 104 cm³/mol. The van der Waals surface area contributed by atoms with E-state index in [-0.39, 0.29) is 11.7 Å². The van der Waals surface area contributed by atoms with Crippen LogP contribution in [-0.2, 0) is 4.79 Å². The number of hydrogen-bond donors (Lipinski definition) is 0. The number of piperazine rings is 1. The smallest absolute Gasteiger partial charge is 0.222 e. The van der Waals surface area contributed by atoms with Gasteiger partial charge in [-0.05, 0) is 49.7 Å². The number of ether oxygens (including phenoxy) is 1. The lowest BCUT2D eigenvalue weighted by Gasteiger charge is -2.36. The molecule has 1 aromatic heterocycles. The monoisotopic (exact) mass is 367 g/mol. The molecule has 1 aromatic carbocycles. The molecule has 1 amide bonds. The average molecular weight is 367 g/mol. The molecule has 1 aliphatic rings. The molecule has 0 radical (unpaired) electrons. The highest BCUT2D eigenvalue weighted by atomic mass is 16.5. The maximum Gasteiger partial charge on any atom is 0.222 e. The van der Waals surface area contributed by atoms with Gasteiger partial charge in [0.15, 0.2) is 5.78 Å². The van der Waals surface area contributed by atoms with Crippen molar-refractivity contribution in [3.63, 3.8) is 0 Å². The van der Waals surface area contributed by atoms with Gasteiger partial charge in [0.2, 0.25) is 5.91 Å². The van der Waals surface area contributed by atoms with E-state index < -0.39 is 0 Å². The zero-order valence-corrected chi connectivity index (χ0v) is 15.6. The second-order valence-corrected chi connectivity index (χ2v) is 6.61. The minimum atomic E-state index is 0.0381. The molecule has 1 saturated heterocycles. The molecule has 142 valence electrons. The number of aromatic nitrogens is 1. The van der Waals surface area contributed by atoms with Gasteiger partial charge in [0.25, 0.3) is 0 Å². The fraction of sp³-hybridized carbons (Fsp3) is 0.381. The second kappa shape index (κ2) is 9.16. The second-order valence-electron chi connectivity index (χ2n) is 6.61. The Balaban J connectivity index is 1.36. The third kappa shape index (κ3) is 5.29. The van der Waals surface area contributed by atoms with Crippen molar-refractivity contribution in [1.29, 1.82) is 0 Å². The Morgan fingerprint density at radius 3 is 2.30 bits per heavy atom. The first kappa shape index (κ1) is 18.9. The van der Waals surface area contributed by atoms with Gasteiger partial charge >= 0.3 is 0 Å². The molecule has 3 rings (SSSR count). The van der Waals surface area contributed by atoms with E-state index in [0.29, 0.717) is 25.0 Å². The van der Waals surface area contributed by atoms with Crippen LogP contribution in [0.15, 0.2) is 48.8 Å². The highest BCUT2D eigenvalue weighted by Gasteiger charge is 2.20. The Morgan fingerprint density at radius 1 is 1.00 bits per heavy atom. The van der Waals surface area contributed by atoms with Gasteiger partial charge in [-0.15, -0.1) is 0 Å². The quantitative estimate of drug-likeness (QED) is 0.556. The Morgan fingerprint density at radius 2 is 1.67 bits per heavy atom. The van der Waals surface area contributed by atoms with Gasteiger partial charge in [-0.1, -0.05) is 0 Å². The molecule has 0 unspecified atom stereocenters. The Labute approximate surface area is 159 Å². The summed E-state index contributed by atoms with van der Waals surface area (Å²) in [4.78, 5) is 31.9. The highest BCUT2D eigenvalue weighted by molar-refractivity contribution is 5.94. The third-order valence-corrected chi connectivity index (χ3v) is 4.72. The van der Waals surface area contributed by atoms with Gasteiger partial charge < -0.3 is 14.5 Å². The molecule has 6 nitrogen and oxygen atoms in total. The fourth-order valence-corrected chi connectivity index (χ4v) is 3.13. The van der Waals surface area contributed by atoms with Gasteiger partial charge in [-0.25, -0.2) is 0 Å². The molecule has 1 fully saturated rings. The molecule has 0 N–H and O–H groups in total. The number of amides is 1. The van der Waals surface area contributed by atoms with Gasteiger partial charge in [0.1, 0.15) is 5.75 Å². The van der Waals surface area contributed by atoms with Crippen LogP contribution in [0.3, 0.4) is 0 Å². The van der Waals surface area contributed by atoms with E-state index in [0.717, 1.165) is 37.6 Å². The zero-order chi connectivity index (χ0) is 19.1. The number of hydrogen-bond acceptors (Lipinski definition) is 5. The van der Waals surface area contributed by atoms with Crippen LogP contribution < -0.4 is 9.64 Å². The summed E-state index contributed by atoms with van der Waals surface area (Å²) >= 11 is 0. The molecule has 0 spiro atoms. The average Bonchev–Trinajstić information content (AvgIpc) is 2.72. The molecular weight excluding hydrogens is 342 g/mol. The Kier molecular flexibility index (Phi) is 6.41. The summed E-state index contributed by atoms with van der Waals surface area (Å²) in [5.41, 5.74) is 1.82. The standard InChI is InChI=1S/C21H25N3O3/c1-17(25)18-4-6-20(7-5-18)27-16-2-3-21(26)24-14-12-23(13-15-24)19-8-10-22-11-9-19/h4-11H,2-3,12-16H2,1H3. The van der Waals surface area contributed by atoms with E-state index >= 15 is 0 Å². The molecule has 0 bridgehead atoms. The summed E-state index contributed by atoms with van der Waals surface area (Å²) < 4.78 is 5.66. The molecule has 6 heteroatoms. The number of pyridine rings is 1. The number of Topliss-reactive ketones (excluding diaryl/α,β-unsaturated/α-hetero) is 1. The van der Waals surface area contributed by atoms with E-state index in [2.05, 4.69) is 9.88 Å². The van der Waals surface area contributed by atoms with Crippen molar-refractivity contribution >= 4 is 17.4 Å². The Bertz CT molecular complexity index is 754. The topological polar surface area (TPSA) is 62.7 Å². The maximum atomic E-state index is 12.4. The number of carbonyl (C=O) groups excluding carboxylic acids is 2. The summed E-state index contributed by atoms with van der Waals surface area (Å²) in [5, 5.41) is 0. The van der Waals surface area contributed by atoms with Gasteiger partial charge in [-0.3, -0.25) is 14.6 Å². The van der Waals surface area contributed by atoms with Crippen LogP contribution in [0.1, 0.15) is 30.1 Å². The first-order valence-electron chi connectivity index (χ1n) is 9.30. The predicted octanol–water partition coefficient (Wildman–Crippen LogP) is 2.79. The van der Waals surface area contributed by atoms with E-state index in [1.54, 1.807) is 43.6 Å². The minimum absolute atomic E-state index is 0.0381. The number of benzene rings is 1. The SMILES string of the molecule is CC(=O)c1ccc(OCCCC(=O)N2CCN(c3ccncc3)CC2)cc1. The largest absolute Gasteiger partial charge is 0.494 e. The lowest BCUT2D eigenvalue weighted by molar-refractivity contribution is -0.131. The molecular formula is C21H25N3O3. The summed E-state index contributed by atoms with van der Waals surface area (Å²) in [7, 11) is 0. The van der Waals surface area contributed by atoms with Crippen LogP contribution in [0.4, 0.5) is 5.69 Å². The number of nitrogens with zero attached hydrogens (tertiary/aromatic N) is 3. The number of anilines is 1. The summed E-state index contributed by atoms with van der Waals surface area (Å²) in [5.74, 6) is 0.939. The van der Waals surface area contributed by atoms with Crippen molar-refractivity contribution in [2.45, 2.75) is 19.8 Å².